The molecule has 0 nitrogen and oxygen atoms in total. The van der Waals surface area contributed by atoms with Crippen LogP contribution in [0.15, 0.2) is 200 Å². The fourth-order valence-corrected chi connectivity index (χ4v) is 11.7. The van der Waals surface area contributed by atoms with Gasteiger partial charge in [-0.3, -0.25) is 0 Å². The van der Waals surface area contributed by atoms with Crippen molar-refractivity contribution in [1.29, 1.82) is 0 Å². The zero-order valence-corrected chi connectivity index (χ0v) is 55.2. The SMILES string of the molecule is CC1CC1.CC1CCC1.CC1CCCC1.CC1CCCCC1.CCCC(C)C.Cc1ccc2c(c1)Cc1ccccc1-2.Cc1ccc2ccccc2c1.Cc1cccc2c1-c1ccccc1C2.Cc1cccc2ccccc12.Cc1ccccc1. The second-order valence-electron chi connectivity index (χ2n) is 26.3. The Bertz CT molecular complexity index is 3270. The van der Waals surface area contributed by atoms with Gasteiger partial charge >= 0.3 is 0 Å². The maximum atomic E-state index is 2.36. The van der Waals surface area contributed by atoms with Crippen molar-refractivity contribution < 1.29 is 0 Å². The molecule has 9 aromatic carbocycles. The van der Waals surface area contributed by atoms with Gasteiger partial charge in [0.2, 0.25) is 0 Å². The molecule has 15 rings (SSSR count). The molecule has 0 atom stereocenters. The Morgan fingerprint density at radius 1 is 0.329 bits per heavy atom. The van der Waals surface area contributed by atoms with E-state index in [0.29, 0.717) is 0 Å². The highest BCUT2D eigenvalue weighted by Gasteiger charge is 2.19. The lowest BCUT2D eigenvalue weighted by Gasteiger charge is -2.18. The van der Waals surface area contributed by atoms with Crippen molar-refractivity contribution >= 4 is 21.5 Å². The van der Waals surface area contributed by atoms with E-state index >= 15 is 0 Å². The van der Waals surface area contributed by atoms with Gasteiger partial charge in [0, 0.05) is 0 Å². The van der Waals surface area contributed by atoms with Crippen LogP contribution >= 0.6 is 0 Å². The highest BCUT2D eigenvalue weighted by Crippen LogP contribution is 2.39. The molecule has 0 spiro atoms. The largest absolute Gasteiger partial charge is 0.0654 e. The van der Waals surface area contributed by atoms with Crippen LogP contribution < -0.4 is 0 Å². The number of rotatable bonds is 2. The predicted octanol–water partition coefficient (Wildman–Crippen LogP) is 25.9. The summed E-state index contributed by atoms with van der Waals surface area (Å²) in [5.74, 6) is 5.13. The predicted molar refractivity (Wildman–Crippen MR) is 378 cm³/mol. The number of fused-ring (bicyclic) bond motifs is 8. The summed E-state index contributed by atoms with van der Waals surface area (Å²) in [6, 6.07) is 70.7. The van der Waals surface area contributed by atoms with E-state index in [1.54, 1.807) is 0 Å². The van der Waals surface area contributed by atoms with Crippen molar-refractivity contribution in [3.8, 4) is 22.3 Å². The molecule has 6 aliphatic rings. The van der Waals surface area contributed by atoms with E-state index in [0.717, 1.165) is 42.4 Å². The molecule has 0 aromatic heterocycles. The molecular formula is C85H110. The summed E-state index contributed by atoms with van der Waals surface area (Å²) in [5, 5.41) is 5.33. The maximum absolute atomic E-state index is 2.36. The van der Waals surface area contributed by atoms with Gasteiger partial charge in [0.15, 0.2) is 0 Å². The van der Waals surface area contributed by atoms with Crippen molar-refractivity contribution in [2.24, 2.45) is 29.6 Å². The van der Waals surface area contributed by atoms with Gasteiger partial charge in [0.1, 0.15) is 0 Å². The molecule has 4 fully saturated rings. The Hall–Kier alpha value is -6.50. The van der Waals surface area contributed by atoms with Gasteiger partial charge in [-0.1, -0.05) is 368 Å². The number of aryl methyl sites for hydroxylation is 5. The van der Waals surface area contributed by atoms with E-state index in [1.165, 1.54) is 197 Å². The highest BCUT2D eigenvalue weighted by atomic mass is 14.2. The molecule has 0 radical (unpaired) electrons. The average Bonchev–Trinajstić information content (AvgIpc) is 4.07. The van der Waals surface area contributed by atoms with Crippen molar-refractivity contribution in [1.82, 2.24) is 0 Å². The minimum atomic E-state index is 0.898. The second-order valence-corrected chi connectivity index (χ2v) is 26.3. The van der Waals surface area contributed by atoms with Gasteiger partial charge in [0.25, 0.3) is 0 Å². The molecule has 0 N–H and O–H groups in total. The fraction of sp³-hybridized carbons (Fsp3) is 0.412. The Balaban J connectivity index is 0.000000155. The molecule has 9 aromatic rings. The molecule has 85 heavy (non-hydrogen) atoms. The molecule has 0 aliphatic heterocycles. The first kappa shape index (κ1) is 67.6. The van der Waals surface area contributed by atoms with Crippen molar-refractivity contribution in [2.75, 3.05) is 0 Å². The Morgan fingerprint density at radius 3 is 1.29 bits per heavy atom. The van der Waals surface area contributed by atoms with Gasteiger partial charge in [-0.25, -0.2) is 0 Å². The van der Waals surface area contributed by atoms with Crippen LogP contribution in [0, 0.1) is 64.2 Å². The Labute approximate surface area is 519 Å². The van der Waals surface area contributed by atoms with Crippen LogP contribution in [0.5, 0.6) is 0 Å². The third-order valence-corrected chi connectivity index (χ3v) is 17.5. The van der Waals surface area contributed by atoms with Crippen molar-refractivity contribution in [3.05, 3.63) is 250 Å². The summed E-state index contributed by atoms with van der Waals surface area (Å²) in [7, 11) is 0. The quantitative estimate of drug-likeness (QED) is 0.162. The molecule has 0 saturated heterocycles. The summed E-state index contributed by atoms with van der Waals surface area (Å²) >= 11 is 0. The topological polar surface area (TPSA) is 0 Å². The summed E-state index contributed by atoms with van der Waals surface area (Å²) in [6.07, 6.45) is 25.7. The number of benzene rings is 9. The first-order valence-corrected chi connectivity index (χ1v) is 33.4. The standard InChI is InChI=1S/2C14H12.2C11H10.C7H14.C7H8.C6H12.C6H14.C5H10.C4H8/c1-10-5-4-7-12-9-11-6-2-3-8-13(11)14(10)12;1-10-6-7-14-12(8-10)9-11-4-2-3-5-13(11)14;1-9-5-4-7-10-6-2-3-8-11(9)10;1-9-6-7-10-4-2-3-5-11(10)8-9;2*1-7-5-3-2-4-6-7;1-6-4-2-3-5-6;1-4-5-6(2)3;1-5-3-2-4-5;1-4-2-3-4/h2*2-8H,9H2,1H3;2*2-8H,1H3;7H,2-6H2,1H3;2-6H,1H3;6H,2-5H2,1H3;6H,4-5H2,1-3H3;5H,2-4H2,1H3;4H,2-3H2,1H3. The lowest BCUT2D eigenvalue weighted by Crippen LogP contribution is -2.04. The van der Waals surface area contributed by atoms with Gasteiger partial charge in [-0.2, -0.15) is 0 Å². The first-order valence-electron chi connectivity index (χ1n) is 33.4. The van der Waals surface area contributed by atoms with Crippen LogP contribution in [0.1, 0.15) is 201 Å². The summed E-state index contributed by atoms with van der Waals surface area (Å²) in [5.41, 5.74) is 18.4. The van der Waals surface area contributed by atoms with Crippen LogP contribution in [0.2, 0.25) is 0 Å². The maximum Gasteiger partial charge on any atom is -0.00134 e. The fourth-order valence-electron chi connectivity index (χ4n) is 11.7. The van der Waals surface area contributed by atoms with Gasteiger partial charge < -0.3 is 0 Å². The minimum absolute atomic E-state index is 0.898. The second kappa shape index (κ2) is 37.1. The summed E-state index contributed by atoms with van der Waals surface area (Å²) in [4.78, 5) is 0. The smallest absolute Gasteiger partial charge is 0.00134 e. The third kappa shape index (κ3) is 24.4. The molecular weight excluding hydrogens is 1020 g/mol. The van der Waals surface area contributed by atoms with Crippen molar-refractivity contribution in [2.45, 2.75) is 199 Å². The molecule has 0 heteroatoms. The zero-order valence-electron chi connectivity index (χ0n) is 55.2. The minimum Gasteiger partial charge on any atom is -0.0654 e. The van der Waals surface area contributed by atoms with E-state index < -0.39 is 0 Å². The van der Waals surface area contributed by atoms with Crippen molar-refractivity contribution in [3.63, 3.8) is 0 Å². The summed E-state index contributed by atoms with van der Waals surface area (Å²) in [6.45, 7) is 26.7. The monoisotopic (exact) mass is 1130 g/mol. The van der Waals surface area contributed by atoms with Crippen LogP contribution in [0.4, 0.5) is 0 Å². The number of hydrogen-bond donors (Lipinski definition) is 0. The first-order chi connectivity index (χ1) is 41.2. The van der Waals surface area contributed by atoms with Gasteiger partial charge in [-0.05, 0) is 154 Å². The normalized spacial score (nSPS) is 14.8. The molecule has 6 aliphatic carbocycles. The van der Waals surface area contributed by atoms with Gasteiger partial charge in [-0.15, -0.1) is 0 Å². The lowest BCUT2D eigenvalue weighted by molar-refractivity contribution is 0.346. The van der Waals surface area contributed by atoms with Crippen LogP contribution in [-0.4, -0.2) is 0 Å². The summed E-state index contributed by atoms with van der Waals surface area (Å²) < 4.78 is 0. The average molecular weight is 1130 g/mol. The third-order valence-electron chi connectivity index (χ3n) is 17.5. The Kier molecular flexibility index (Phi) is 29.6. The number of hydrogen-bond acceptors (Lipinski definition) is 0. The van der Waals surface area contributed by atoms with Gasteiger partial charge in [0.05, 0.1) is 0 Å². The molecule has 450 valence electrons. The zero-order chi connectivity index (χ0) is 60.8. The molecule has 0 heterocycles. The molecule has 0 unspecified atom stereocenters. The van der Waals surface area contributed by atoms with E-state index in [9.17, 15) is 0 Å². The van der Waals surface area contributed by atoms with E-state index in [-0.39, 0.29) is 0 Å². The molecule has 0 amide bonds. The molecule has 0 bridgehead atoms. The van der Waals surface area contributed by atoms with E-state index in [4.69, 9.17) is 0 Å². The van der Waals surface area contributed by atoms with Crippen LogP contribution in [-0.2, 0) is 12.8 Å². The van der Waals surface area contributed by atoms with E-state index in [1.807, 2.05) is 18.2 Å². The lowest BCUT2D eigenvalue weighted by atomic mass is 9.88. The van der Waals surface area contributed by atoms with E-state index in [2.05, 4.69) is 265 Å². The highest BCUT2D eigenvalue weighted by molar-refractivity contribution is 5.85. The van der Waals surface area contributed by atoms with Crippen LogP contribution in [0.25, 0.3) is 43.8 Å². The molecule has 4 saturated carbocycles. The van der Waals surface area contributed by atoms with Crippen LogP contribution in [0.3, 0.4) is 0 Å². The Morgan fingerprint density at radius 2 is 0.776 bits per heavy atom.